The van der Waals surface area contributed by atoms with Gasteiger partial charge in [0.05, 0.1) is 25.3 Å². The predicted molar refractivity (Wildman–Crippen MR) is 128 cm³/mol. The number of fused-ring (bicyclic) bond motifs is 2. The van der Waals surface area contributed by atoms with E-state index in [1.165, 1.54) is 26.4 Å². The fourth-order valence-electron chi connectivity index (χ4n) is 4.59. The lowest BCUT2D eigenvalue weighted by Crippen LogP contribution is -2.55. The Bertz CT molecular complexity index is 1570. The van der Waals surface area contributed by atoms with Crippen molar-refractivity contribution in [1.29, 1.82) is 0 Å². The second kappa shape index (κ2) is 8.02. The van der Waals surface area contributed by atoms with Gasteiger partial charge in [0.15, 0.2) is 5.75 Å². The lowest BCUT2D eigenvalue weighted by molar-refractivity contribution is -0.129. The quantitative estimate of drug-likeness (QED) is 0.369. The fraction of sp³-hybridized carbons (Fsp3) is 0.250. The number of aromatic nitrogens is 2. The molecule has 3 aromatic rings. The van der Waals surface area contributed by atoms with Gasteiger partial charge in [0.25, 0.3) is 0 Å². The number of benzene rings is 2. The highest BCUT2D eigenvalue weighted by molar-refractivity contribution is 6.36. The Morgan fingerprint density at radius 3 is 2.37 bits per heavy atom. The first-order valence-electron chi connectivity index (χ1n) is 10.7. The summed E-state index contributed by atoms with van der Waals surface area (Å²) < 4.78 is 16.6. The number of carbonyl (C=O) groups is 2. The van der Waals surface area contributed by atoms with Crippen LogP contribution in [0.4, 0.5) is 5.69 Å². The van der Waals surface area contributed by atoms with E-state index in [4.69, 9.17) is 25.8 Å². The second-order valence-corrected chi connectivity index (χ2v) is 8.78. The molecule has 0 radical (unpaired) electrons. The molecule has 1 aliphatic heterocycles. The second-order valence-electron chi connectivity index (χ2n) is 8.40. The molecule has 35 heavy (non-hydrogen) atoms. The van der Waals surface area contributed by atoms with Crippen molar-refractivity contribution in [2.45, 2.75) is 18.9 Å². The van der Waals surface area contributed by atoms with Crippen molar-refractivity contribution in [2.75, 3.05) is 19.5 Å². The molecule has 2 heterocycles. The number of ketones is 2. The molecule has 0 bridgehead atoms. The average Bonchev–Trinajstić information content (AvgIpc) is 3.14. The van der Waals surface area contributed by atoms with Gasteiger partial charge in [-0.25, -0.2) is 0 Å². The maximum Gasteiger partial charge on any atom is 0.314 e. The van der Waals surface area contributed by atoms with Crippen LogP contribution >= 0.6 is 11.6 Å². The van der Waals surface area contributed by atoms with E-state index in [9.17, 15) is 19.2 Å². The number of halogens is 1. The fourth-order valence-corrected chi connectivity index (χ4v) is 4.86. The normalized spacial score (nSPS) is 21.0. The first-order valence-corrected chi connectivity index (χ1v) is 11.0. The zero-order valence-electron chi connectivity index (χ0n) is 18.9. The zero-order valence-corrected chi connectivity index (χ0v) is 19.7. The van der Waals surface area contributed by atoms with Crippen LogP contribution in [0.25, 0.3) is 11.0 Å². The van der Waals surface area contributed by atoms with Gasteiger partial charge in [0.1, 0.15) is 22.1 Å². The maximum absolute atomic E-state index is 13.6. The summed E-state index contributed by atoms with van der Waals surface area (Å²) in [5, 5.41) is 3.24. The summed E-state index contributed by atoms with van der Waals surface area (Å²) in [7, 11) is 2.83. The van der Waals surface area contributed by atoms with E-state index in [1.807, 2.05) is 0 Å². The molecule has 1 spiro atoms. The summed E-state index contributed by atoms with van der Waals surface area (Å²) in [5.74, 6) is -1.07. The lowest BCUT2D eigenvalue weighted by Gasteiger charge is -2.35. The van der Waals surface area contributed by atoms with E-state index < -0.39 is 34.2 Å². The third-order valence-corrected chi connectivity index (χ3v) is 6.70. The van der Waals surface area contributed by atoms with Gasteiger partial charge < -0.3 is 29.5 Å². The topological polar surface area (TPSA) is 140 Å². The minimum atomic E-state index is -1.77. The van der Waals surface area contributed by atoms with Gasteiger partial charge in [0, 0.05) is 29.4 Å². The van der Waals surface area contributed by atoms with Crippen LogP contribution in [0.15, 0.2) is 45.6 Å². The van der Waals surface area contributed by atoms with Gasteiger partial charge >= 0.3 is 11.1 Å². The summed E-state index contributed by atoms with van der Waals surface area (Å²) in [6.07, 6.45) is 1.64. The molecule has 0 fully saturated rings. The van der Waals surface area contributed by atoms with Crippen molar-refractivity contribution in [3.63, 3.8) is 0 Å². The lowest BCUT2D eigenvalue weighted by atomic mass is 9.74. The molecule has 0 amide bonds. The van der Waals surface area contributed by atoms with E-state index in [2.05, 4.69) is 15.3 Å². The minimum absolute atomic E-state index is 0.0605. The van der Waals surface area contributed by atoms with Crippen molar-refractivity contribution < 1.29 is 23.8 Å². The highest BCUT2D eigenvalue weighted by Gasteiger charge is 2.60. The largest absolute Gasteiger partial charge is 0.496 e. The molecule has 10 nitrogen and oxygen atoms in total. The van der Waals surface area contributed by atoms with Gasteiger partial charge in [-0.15, -0.1) is 0 Å². The van der Waals surface area contributed by atoms with Crippen LogP contribution in [0, 0.1) is 5.92 Å². The summed E-state index contributed by atoms with van der Waals surface area (Å²) in [5.41, 5.74) is -1.14. The van der Waals surface area contributed by atoms with Crippen molar-refractivity contribution in [1.82, 2.24) is 9.97 Å². The number of hydrogen-bond donors (Lipinski definition) is 3. The van der Waals surface area contributed by atoms with Crippen LogP contribution in [-0.2, 0) is 4.79 Å². The Kier molecular flexibility index (Phi) is 5.21. The summed E-state index contributed by atoms with van der Waals surface area (Å²) in [4.78, 5) is 55.1. The van der Waals surface area contributed by atoms with Crippen LogP contribution in [0.2, 0.25) is 5.02 Å². The Hall–Kier alpha value is -4.05. The zero-order chi connectivity index (χ0) is 25.1. The van der Waals surface area contributed by atoms with Gasteiger partial charge in [-0.05, 0) is 24.6 Å². The number of nitrogens with one attached hydrogen (secondary N) is 3. The van der Waals surface area contributed by atoms with E-state index in [0.717, 1.165) is 0 Å². The standard InChI is InChI=1S/C24H20ClN3O7/c1-10-6-12(26-11-4-5-13-14(7-11)28-23(32)22(31)27-13)8-17(29)24(10)21(30)18-15(33-2)9-16(34-3)19(25)20(18)35-24/h4-5,7-10,26H,6H2,1-3H3,(H,27,31)(H,28,32)/t10-,24+/m1/s1. The van der Waals surface area contributed by atoms with E-state index in [-0.39, 0.29) is 27.8 Å². The molecule has 0 unspecified atom stereocenters. The molecule has 0 saturated carbocycles. The number of anilines is 1. The van der Waals surface area contributed by atoms with Crippen LogP contribution in [0.3, 0.4) is 0 Å². The highest BCUT2D eigenvalue weighted by atomic mass is 35.5. The molecule has 5 rings (SSSR count). The number of allylic oxidation sites excluding steroid dienone is 1. The van der Waals surface area contributed by atoms with Crippen LogP contribution in [-0.4, -0.2) is 41.4 Å². The number of ether oxygens (including phenoxy) is 3. The van der Waals surface area contributed by atoms with Crippen molar-refractivity contribution in [2.24, 2.45) is 5.92 Å². The molecule has 2 aliphatic rings. The van der Waals surface area contributed by atoms with E-state index in [1.54, 1.807) is 25.1 Å². The van der Waals surface area contributed by atoms with Crippen molar-refractivity contribution in [3.8, 4) is 17.2 Å². The summed E-state index contributed by atoms with van der Waals surface area (Å²) >= 11 is 6.41. The highest BCUT2D eigenvalue weighted by Crippen LogP contribution is 2.53. The number of carbonyl (C=O) groups excluding carboxylic acids is 2. The molecule has 0 saturated heterocycles. The SMILES string of the molecule is COc1cc(OC)c2c(c1Cl)O[C@@]1(C(=O)C=C(Nc3ccc4[nH]c(=O)c(=O)[nH]c4c3)C[C@H]1C)C2=O. The minimum Gasteiger partial charge on any atom is -0.496 e. The molecule has 180 valence electrons. The molecule has 2 aromatic carbocycles. The van der Waals surface area contributed by atoms with Gasteiger partial charge in [-0.2, -0.15) is 0 Å². The Morgan fingerprint density at radius 1 is 1.03 bits per heavy atom. The number of rotatable bonds is 4. The molecule has 2 atom stereocenters. The van der Waals surface area contributed by atoms with E-state index >= 15 is 0 Å². The average molecular weight is 498 g/mol. The molecule has 1 aromatic heterocycles. The number of hydrogen-bond acceptors (Lipinski definition) is 8. The third kappa shape index (κ3) is 3.32. The predicted octanol–water partition coefficient (Wildman–Crippen LogP) is 2.81. The number of methoxy groups -OCH3 is 2. The first kappa shape index (κ1) is 22.7. The van der Waals surface area contributed by atoms with Crippen LogP contribution < -0.4 is 30.6 Å². The van der Waals surface area contributed by atoms with Crippen LogP contribution in [0.5, 0.6) is 17.2 Å². The third-order valence-electron chi connectivity index (χ3n) is 6.34. The molecule has 3 N–H and O–H groups in total. The Morgan fingerprint density at radius 2 is 1.71 bits per heavy atom. The number of aromatic amines is 2. The maximum atomic E-state index is 13.6. The molecule has 11 heteroatoms. The van der Waals surface area contributed by atoms with Crippen LogP contribution in [0.1, 0.15) is 23.7 Å². The smallest absolute Gasteiger partial charge is 0.314 e. The monoisotopic (exact) mass is 497 g/mol. The molecular weight excluding hydrogens is 478 g/mol. The number of Topliss-reactive ketones (excluding diaryl/α,β-unsaturated/α-hetero) is 1. The Balaban J connectivity index is 1.50. The first-order chi connectivity index (χ1) is 16.7. The molecule has 1 aliphatic carbocycles. The van der Waals surface area contributed by atoms with Crippen molar-refractivity contribution >= 4 is 39.9 Å². The summed E-state index contributed by atoms with van der Waals surface area (Å²) in [6, 6.07) is 6.45. The molecular formula is C24H20ClN3O7. The Labute approximate surface area is 202 Å². The summed E-state index contributed by atoms with van der Waals surface area (Å²) in [6.45, 7) is 1.75. The van der Waals surface area contributed by atoms with Gasteiger partial charge in [0.2, 0.25) is 17.2 Å². The van der Waals surface area contributed by atoms with E-state index in [0.29, 0.717) is 28.8 Å². The van der Waals surface area contributed by atoms with Gasteiger partial charge in [-0.1, -0.05) is 18.5 Å². The van der Waals surface area contributed by atoms with Gasteiger partial charge in [-0.3, -0.25) is 19.2 Å². The number of H-pyrrole nitrogens is 2. The van der Waals surface area contributed by atoms with Crippen molar-refractivity contribution in [3.05, 3.63) is 67.3 Å².